The van der Waals surface area contributed by atoms with Crippen molar-refractivity contribution >= 4 is 5.91 Å². The summed E-state index contributed by atoms with van der Waals surface area (Å²) in [6.07, 6.45) is 9.28. The zero-order valence-corrected chi connectivity index (χ0v) is 14.0. The van der Waals surface area contributed by atoms with Gasteiger partial charge in [0.15, 0.2) is 0 Å². The number of alkyl halides is 2. The molecule has 0 aromatic carbocycles. The van der Waals surface area contributed by atoms with Gasteiger partial charge in [-0.3, -0.25) is 4.79 Å². The lowest BCUT2D eigenvalue weighted by atomic mass is 10.0. The average molecular weight is 305 g/mol. The molecule has 0 unspecified atom stereocenters. The van der Waals surface area contributed by atoms with Gasteiger partial charge < -0.3 is 5.32 Å². The Kier molecular flexibility index (Phi) is 11.6. The summed E-state index contributed by atoms with van der Waals surface area (Å²) in [4.78, 5) is 11.4. The maximum Gasteiger partial charge on any atom is 0.324 e. The van der Waals surface area contributed by atoms with Crippen LogP contribution in [0, 0.1) is 5.92 Å². The zero-order valence-electron chi connectivity index (χ0n) is 14.0. The molecule has 0 aliphatic heterocycles. The van der Waals surface area contributed by atoms with E-state index in [4.69, 9.17) is 0 Å². The van der Waals surface area contributed by atoms with E-state index in [1.54, 1.807) is 0 Å². The number of hydrogen-bond acceptors (Lipinski definition) is 1. The molecule has 0 spiro atoms. The number of carbonyl (C=O) groups is 1. The van der Waals surface area contributed by atoms with Gasteiger partial charge in [-0.1, -0.05) is 72.1 Å². The molecule has 0 radical (unpaired) electrons. The predicted octanol–water partition coefficient (Wildman–Crippen LogP) is 5.31. The second kappa shape index (κ2) is 11.9. The van der Waals surface area contributed by atoms with Crippen molar-refractivity contribution in [1.29, 1.82) is 0 Å². The Labute approximate surface area is 129 Å². The lowest BCUT2D eigenvalue weighted by Crippen LogP contribution is -2.41. The van der Waals surface area contributed by atoms with Crippen LogP contribution in [0.3, 0.4) is 0 Å². The monoisotopic (exact) mass is 305 g/mol. The first kappa shape index (κ1) is 20.3. The summed E-state index contributed by atoms with van der Waals surface area (Å²) < 4.78 is 27.1. The summed E-state index contributed by atoms with van der Waals surface area (Å²) in [6.45, 7) is 6.28. The standard InChI is InChI=1S/C17H33F2NO/c1-4-5-6-7-8-9-10-11-12-13-17(18,19)16(21)20-14-15(2)3/h15H,4-14H2,1-3H3,(H,20,21). The molecule has 21 heavy (non-hydrogen) atoms. The average Bonchev–Trinajstić information content (AvgIpc) is 2.42. The van der Waals surface area contributed by atoms with Gasteiger partial charge in [0, 0.05) is 13.0 Å². The predicted molar refractivity (Wildman–Crippen MR) is 84.6 cm³/mol. The molecule has 0 bridgehead atoms. The van der Waals surface area contributed by atoms with Crippen LogP contribution >= 0.6 is 0 Å². The van der Waals surface area contributed by atoms with Gasteiger partial charge in [0.25, 0.3) is 5.91 Å². The highest BCUT2D eigenvalue weighted by Crippen LogP contribution is 2.22. The van der Waals surface area contributed by atoms with Gasteiger partial charge in [-0.25, -0.2) is 0 Å². The van der Waals surface area contributed by atoms with Crippen LogP contribution in [0.5, 0.6) is 0 Å². The molecule has 0 atom stereocenters. The fraction of sp³-hybridized carbons (Fsp3) is 0.941. The van der Waals surface area contributed by atoms with E-state index >= 15 is 0 Å². The van der Waals surface area contributed by atoms with Crippen LogP contribution in [-0.4, -0.2) is 18.4 Å². The zero-order chi connectivity index (χ0) is 16.1. The highest BCUT2D eigenvalue weighted by molar-refractivity contribution is 5.83. The second-order valence-electron chi connectivity index (χ2n) is 6.39. The van der Waals surface area contributed by atoms with E-state index in [1.807, 2.05) is 13.8 Å². The molecule has 1 amide bonds. The van der Waals surface area contributed by atoms with Gasteiger partial charge in [0.2, 0.25) is 0 Å². The van der Waals surface area contributed by atoms with Crippen molar-refractivity contribution < 1.29 is 13.6 Å². The maximum absolute atomic E-state index is 13.6. The van der Waals surface area contributed by atoms with E-state index < -0.39 is 11.8 Å². The van der Waals surface area contributed by atoms with E-state index in [0.717, 1.165) is 19.3 Å². The van der Waals surface area contributed by atoms with Crippen molar-refractivity contribution in [3.8, 4) is 0 Å². The molecule has 4 heteroatoms. The molecule has 0 aromatic heterocycles. The van der Waals surface area contributed by atoms with Gasteiger partial charge >= 0.3 is 5.92 Å². The number of amides is 1. The SMILES string of the molecule is CCCCCCCCCCCC(F)(F)C(=O)NCC(C)C. The van der Waals surface area contributed by atoms with Crippen molar-refractivity contribution in [2.75, 3.05) is 6.54 Å². The molecular weight excluding hydrogens is 272 g/mol. The fourth-order valence-electron chi connectivity index (χ4n) is 2.20. The summed E-state index contributed by atoms with van der Waals surface area (Å²) in [6, 6.07) is 0. The van der Waals surface area contributed by atoms with Crippen molar-refractivity contribution in [3.63, 3.8) is 0 Å². The summed E-state index contributed by atoms with van der Waals surface area (Å²) in [5, 5.41) is 2.31. The minimum absolute atomic E-state index is 0.192. The Morgan fingerprint density at radius 3 is 1.90 bits per heavy atom. The highest BCUT2D eigenvalue weighted by atomic mass is 19.3. The number of carbonyl (C=O) groups excluding carboxylic acids is 1. The molecule has 126 valence electrons. The smallest absolute Gasteiger partial charge is 0.324 e. The third-order valence-corrected chi connectivity index (χ3v) is 3.60. The molecule has 0 rings (SSSR count). The molecule has 0 aliphatic carbocycles. The summed E-state index contributed by atoms with van der Waals surface area (Å²) in [5.41, 5.74) is 0. The van der Waals surface area contributed by atoms with E-state index in [-0.39, 0.29) is 12.3 Å². The Hall–Kier alpha value is -0.670. The highest BCUT2D eigenvalue weighted by Gasteiger charge is 2.37. The first-order valence-corrected chi connectivity index (χ1v) is 8.56. The number of hydrogen-bond donors (Lipinski definition) is 1. The molecular formula is C17H33F2NO. The number of nitrogens with one attached hydrogen (secondary N) is 1. The third-order valence-electron chi connectivity index (χ3n) is 3.60. The first-order chi connectivity index (χ1) is 9.90. The van der Waals surface area contributed by atoms with Crippen molar-refractivity contribution in [2.45, 2.75) is 90.9 Å². The first-order valence-electron chi connectivity index (χ1n) is 8.56. The van der Waals surface area contributed by atoms with E-state index in [0.29, 0.717) is 13.0 Å². The molecule has 0 aromatic rings. The fourth-order valence-corrected chi connectivity index (χ4v) is 2.20. The van der Waals surface area contributed by atoms with Gasteiger partial charge in [-0.2, -0.15) is 8.78 Å². The van der Waals surface area contributed by atoms with Crippen LogP contribution in [0.4, 0.5) is 8.78 Å². The molecule has 1 N–H and O–H groups in total. The molecule has 0 fully saturated rings. The third kappa shape index (κ3) is 11.6. The van der Waals surface area contributed by atoms with Crippen LogP contribution < -0.4 is 5.32 Å². The van der Waals surface area contributed by atoms with E-state index in [2.05, 4.69) is 12.2 Å². The number of unbranched alkanes of at least 4 members (excludes halogenated alkanes) is 8. The largest absolute Gasteiger partial charge is 0.351 e. The lowest BCUT2D eigenvalue weighted by Gasteiger charge is -2.16. The normalized spacial score (nSPS) is 11.9. The Morgan fingerprint density at radius 1 is 0.952 bits per heavy atom. The van der Waals surface area contributed by atoms with Crippen LogP contribution in [-0.2, 0) is 4.79 Å². The Balaban J connectivity index is 3.58. The summed E-state index contributed by atoms with van der Waals surface area (Å²) >= 11 is 0. The number of rotatable bonds is 13. The quantitative estimate of drug-likeness (QED) is 0.459. The van der Waals surface area contributed by atoms with Crippen LogP contribution in [0.1, 0.15) is 85.0 Å². The minimum atomic E-state index is -3.21. The molecule has 0 heterocycles. The van der Waals surface area contributed by atoms with Crippen molar-refractivity contribution in [2.24, 2.45) is 5.92 Å². The van der Waals surface area contributed by atoms with Crippen molar-refractivity contribution in [3.05, 3.63) is 0 Å². The Morgan fingerprint density at radius 2 is 1.43 bits per heavy atom. The van der Waals surface area contributed by atoms with Gasteiger partial charge in [-0.05, 0) is 12.3 Å². The topological polar surface area (TPSA) is 29.1 Å². The summed E-state index contributed by atoms with van der Waals surface area (Å²) in [5.74, 6) is -4.14. The number of halogens is 2. The van der Waals surface area contributed by atoms with Crippen LogP contribution in [0.2, 0.25) is 0 Å². The molecule has 2 nitrogen and oxygen atoms in total. The second-order valence-corrected chi connectivity index (χ2v) is 6.39. The maximum atomic E-state index is 13.6. The van der Waals surface area contributed by atoms with E-state index in [9.17, 15) is 13.6 Å². The van der Waals surface area contributed by atoms with Crippen LogP contribution in [0.15, 0.2) is 0 Å². The molecule has 0 saturated carbocycles. The molecule has 0 aliphatic rings. The summed E-state index contributed by atoms with van der Waals surface area (Å²) in [7, 11) is 0. The Bertz CT molecular complexity index is 268. The van der Waals surface area contributed by atoms with Crippen molar-refractivity contribution in [1.82, 2.24) is 5.32 Å². The minimum Gasteiger partial charge on any atom is -0.351 e. The van der Waals surface area contributed by atoms with Gasteiger partial charge in [0.1, 0.15) is 0 Å². The lowest BCUT2D eigenvalue weighted by molar-refractivity contribution is -0.146. The van der Waals surface area contributed by atoms with Gasteiger partial charge in [-0.15, -0.1) is 0 Å². The van der Waals surface area contributed by atoms with Crippen LogP contribution in [0.25, 0.3) is 0 Å². The van der Waals surface area contributed by atoms with Gasteiger partial charge in [0.05, 0.1) is 0 Å². The molecule has 0 saturated heterocycles. The van der Waals surface area contributed by atoms with E-state index in [1.165, 1.54) is 32.1 Å².